The van der Waals surface area contributed by atoms with Crippen molar-refractivity contribution in [3.63, 3.8) is 0 Å². The molecule has 0 spiro atoms. The molecule has 1 aliphatic carbocycles. The van der Waals surface area contributed by atoms with Crippen molar-refractivity contribution in [2.75, 3.05) is 0 Å². The number of aromatic amines is 1. The molecular formula is C17H22N2O2. The normalized spacial score (nSPS) is 22.3. The van der Waals surface area contributed by atoms with Gasteiger partial charge < -0.3 is 15.4 Å². The lowest BCUT2D eigenvalue weighted by Gasteiger charge is -2.26. The molecule has 112 valence electrons. The van der Waals surface area contributed by atoms with Crippen LogP contribution in [0.1, 0.15) is 37.7 Å². The zero-order valence-electron chi connectivity index (χ0n) is 12.1. The van der Waals surface area contributed by atoms with Gasteiger partial charge in [0.2, 0.25) is 5.91 Å². The van der Waals surface area contributed by atoms with Crippen LogP contribution in [0.25, 0.3) is 10.9 Å². The molecule has 1 fully saturated rings. The van der Waals surface area contributed by atoms with Crippen LogP contribution in [0, 0.1) is 0 Å². The molecular weight excluding hydrogens is 264 g/mol. The van der Waals surface area contributed by atoms with Gasteiger partial charge in [0.25, 0.3) is 0 Å². The Morgan fingerprint density at radius 1 is 1.24 bits per heavy atom. The van der Waals surface area contributed by atoms with Gasteiger partial charge in [-0.25, -0.2) is 0 Å². The van der Waals surface area contributed by atoms with E-state index in [2.05, 4.69) is 16.4 Å². The van der Waals surface area contributed by atoms with Gasteiger partial charge in [-0.2, -0.15) is 0 Å². The van der Waals surface area contributed by atoms with Crippen LogP contribution in [0.5, 0.6) is 0 Å². The summed E-state index contributed by atoms with van der Waals surface area (Å²) in [4.78, 5) is 15.3. The Balaban J connectivity index is 1.52. The molecule has 21 heavy (non-hydrogen) atoms. The highest BCUT2D eigenvalue weighted by Crippen LogP contribution is 2.20. The Labute approximate surface area is 124 Å². The predicted octanol–water partition coefficient (Wildman–Crippen LogP) is 2.52. The molecule has 0 bridgehead atoms. The number of hydrogen-bond donors (Lipinski definition) is 3. The summed E-state index contributed by atoms with van der Waals surface area (Å²) in [6, 6.07) is 8.40. The molecule has 1 heterocycles. The van der Waals surface area contributed by atoms with E-state index in [1.54, 1.807) is 0 Å². The number of aliphatic hydroxyl groups excluding tert-OH is 1. The van der Waals surface area contributed by atoms with Gasteiger partial charge in [-0.3, -0.25) is 4.79 Å². The van der Waals surface area contributed by atoms with Crippen LogP contribution in [0.3, 0.4) is 0 Å². The topological polar surface area (TPSA) is 65.1 Å². The maximum Gasteiger partial charge on any atom is 0.220 e. The monoisotopic (exact) mass is 286 g/mol. The number of aromatic nitrogens is 1. The fourth-order valence-corrected chi connectivity index (χ4v) is 3.11. The second-order valence-electron chi connectivity index (χ2n) is 5.93. The largest absolute Gasteiger partial charge is 0.393 e. The summed E-state index contributed by atoms with van der Waals surface area (Å²) in [5.74, 6) is 0.113. The van der Waals surface area contributed by atoms with Crippen LogP contribution >= 0.6 is 0 Å². The molecule has 1 amide bonds. The second kappa shape index (κ2) is 6.31. The lowest BCUT2D eigenvalue weighted by atomic mass is 9.93. The number of nitrogens with one attached hydrogen (secondary N) is 2. The number of aryl methyl sites for hydroxylation is 1. The molecule has 1 aromatic carbocycles. The van der Waals surface area contributed by atoms with Gasteiger partial charge in [-0.15, -0.1) is 0 Å². The summed E-state index contributed by atoms with van der Waals surface area (Å²) in [6.45, 7) is 0. The molecule has 1 saturated carbocycles. The minimum Gasteiger partial charge on any atom is -0.393 e. The van der Waals surface area contributed by atoms with E-state index in [1.807, 2.05) is 24.4 Å². The van der Waals surface area contributed by atoms with Crippen molar-refractivity contribution in [3.05, 3.63) is 36.0 Å². The molecule has 0 radical (unpaired) electrons. The quantitative estimate of drug-likeness (QED) is 0.808. The third kappa shape index (κ3) is 3.45. The first-order valence-electron chi connectivity index (χ1n) is 7.75. The SMILES string of the molecule is O=C(CCc1c[nH]c2ccccc12)NC1CCC(O)CC1. The van der Waals surface area contributed by atoms with E-state index in [-0.39, 0.29) is 18.1 Å². The fourth-order valence-electron chi connectivity index (χ4n) is 3.11. The first-order valence-corrected chi connectivity index (χ1v) is 7.75. The van der Waals surface area contributed by atoms with E-state index in [4.69, 9.17) is 0 Å². The highest BCUT2D eigenvalue weighted by Gasteiger charge is 2.20. The maximum atomic E-state index is 12.0. The van der Waals surface area contributed by atoms with Crippen LogP contribution < -0.4 is 5.32 Å². The number of hydrogen-bond acceptors (Lipinski definition) is 2. The number of carbonyl (C=O) groups excluding carboxylic acids is 1. The summed E-state index contributed by atoms with van der Waals surface area (Å²) >= 11 is 0. The summed E-state index contributed by atoms with van der Waals surface area (Å²) < 4.78 is 0. The highest BCUT2D eigenvalue weighted by molar-refractivity contribution is 5.84. The minimum absolute atomic E-state index is 0.113. The number of carbonyl (C=O) groups is 1. The summed E-state index contributed by atoms with van der Waals surface area (Å²) in [5.41, 5.74) is 2.31. The smallest absolute Gasteiger partial charge is 0.220 e. The summed E-state index contributed by atoms with van der Waals surface area (Å²) in [6.07, 6.45) is 6.46. The molecule has 3 N–H and O–H groups in total. The first-order chi connectivity index (χ1) is 10.2. The van der Waals surface area contributed by atoms with Crippen LogP contribution in [0.4, 0.5) is 0 Å². The molecule has 2 aromatic rings. The number of para-hydroxylation sites is 1. The van der Waals surface area contributed by atoms with Crippen molar-refractivity contribution >= 4 is 16.8 Å². The lowest BCUT2D eigenvalue weighted by molar-refractivity contribution is -0.122. The van der Waals surface area contributed by atoms with E-state index in [1.165, 1.54) is 10.9 Å². The number of fused-ring (bicyclic) bond motifs is 1. The summed E-state index contributed by atoms with van der Waals surface area (Å²) in [5, 5.41) is 13.8. The van der Waals surface area contributed by atoms with Gasteiger partial charge in [0, 0.05) is 29.6 Å². The Morgan fingerprint density at radius 2 is 2.00 bits per heavy atom. The molecule has 0 unspecified atom stereocenters. The van der Waals surface area contributed by atoms with Crippen molar-refractivity contribution in [3.8, 4) is 0 Å². The van der Waals surface area contributed by atoms with Gasteiger partial charge in [0.05, 0.1) is 6.10 Å². The number of amides is 1. The molecule has 0 saturated heterocycles. The lowest BCUT2D eigenvalue weighted by Crippen LogP contribution is -2.38. The molecule has 3 rings (SSSR count). The zero-order chi connectivity index (χ0) is 14.7. The molecule has 1 aliphatic rings. The molecule has 1 aromatic heterocycles. The van der Waals surface area contributed by atoms with E-state index in [9.17, 15) is 9.90 Å². The summed E-state index contributed by atoms with van der Waals surface area (Å²) in [7, 11) is 0. The average molecular weight is 286 g/mol. The van der Waals surface area contributed by atoms with Crippen LogP contribution in [-0.4, -0.2) is 28.1 Å². The van der Waals surface area contributed by atoms with E-state index >= 15 is 0 Å². The van der Waals surface area contributed by atoms with Gasteiger partial charge in [0.1, 0.15) is 0 Å². The van der Waals surface area contributed by atoms with Crippen LogP contribution in [0.2, 0.25) is 0 Å². The zero-order valence-corrected chi connectivity index (χ0v) is 12.1. The number of benzene rings is 1. The standard InChI is InChI=1S/C17H22N2O2/c20-14-8-6-13(7-9-14)19-17(21)10-5-12-11-18-16-4-2-1-3-15(12)16/h1-4,11,13-14,18,20H,5-10H2,(H,19,21). The van der Waals surface area contributed by atoms with Crippen molar-refractivity contribution in [1.29, 1.82) is 0 Å². The molecule has 0 atom stereocenters. The Kier molecular flexibility index (Phi) is 4.25. The minimum atomic E-state index is -0.177. The van der Waals surface area contributed by atoms with Gasteiger partial charge >= 0.3 is 0 Å². The Hall–Kier alpha value is -1.81. The van der Waals surface area contributed by atoms with Gasteiger partial charge in [0.15, 0.2) is 0 Å². The van der Waals surface area contributed by atoms with Crippen molar-refractivity contribution < 1.29 is 9.90 Å². The van der Waals surface area contributed by atoms with E-state index in [0.29, 0.717) is 6.42 Å². The molecule has 0 aliphatic heterocycles. The van der Waals surface area contributed by atoms with Gasteiger partial charge in [-0.05, 0) is 43.7 Å². The van der Waals surface area contributed by atoms with E-state index < -0.39 is 0 Å². The number of rotatable bonds is 4. The molecule has 4 heteroatoms. The Morgan fingerprint density at radius 3 is 2.81 bits per heavy atom. The number of aliphatic hydroxyl groups is 1. The van der Waals surface area contributed by atoms with E-state index in [0.717, 1.165) is 37.6 Å². The number of H-pyrrole nitrogens is 1. The van der Waals surface area contributed by atoms with Crippen LogP contribution in [-0.2, 0) is 11.2 Å². The molecule has 4 nitrogen and oxygen atoms in total. The maximum absolute atomic E-state index is 12.0. The van der Waals surface area contributed by atoms with Crippen molar-refractivity contribution in [2.45, 2.75) is 50.7 Å². The Bertz CT molecular complexity index is 612. The van der Waals surface area contributed by atoms with Crippen molar-refractivity contribution in [2.24, 2.45) is 0 Å². The third-order valence-electron chi connectivity index (χ3n) is 4.36. The fraction of sp³-hybridized carbons (Fsp3) is 0.471. The highest BCUT2D eigenvalue weighted by atomic mass is 16.3. The first kappa shape index (κ1) is 14.1. The van der Waals surface area contributed by atoms with Crippen LogP contribution in [0.15, 0.2) is 30.5 Å². The average Bonchev–Trinajstić information content (AvgIpc) is 2.91. The van der Waals surface area contributed by atoms with Gasteiger partial charge in [-0.1, -0.05) is 18.2 Å². The predicted molar refractivity (Wildman–Crippen MR) is 83.0 cm³/mol. The van der Waals surface area contributed by atoms with Crippen molar-refractivity contribution in [1.82, 2.24) is 10.3 Å². The third-order valence-corrected chi connectivity index (χ3v) is 4.36. The second-order valence-corrected chi connectivity index (χ2v) is 5.93.